The fourth-order valence-electron chi connectivity index (χ4n) is 4.83. The standard InChI is InChI=1S/C28H35N5O/c1-19-7-8-22(27(34)31-24-10-11-24)17-25(19)21-9-12-26-23(16-21)18-30-28(32-26)29-13-5-15-33-14-4-3-6-20(33)2/h7-9,12,16-18,20,24H,3-6,10-11,13-15H2,1-2H3,(H,31,34)(H,29,30,32). The van der Waals surface area contributed by atoms with Crippen molar-refractivity contribution in [3.63, 3.8) is 0 Å². The molecular formula is C28H35N5O. The van der Waals surface area contributed by atoms with Gasteiger partial charge in [0.05, 0.1) is 5.52 Å². The second-order valence-electron chi connectivity index (χ2n) is 9.91. The van der Waals surface area contributed by atoms with Gasteiger partial charge in [0, 0.05) is 42.3 Å². The highest BCUT2D eigenvalue weighted by atomic mass is 16.1. The van der Waals surface area contributed by atoms with Gasteiger partial charge < -0.3 is 15.5 Å². The number of carbonyl (C=O) groups is 1. The van der Waals surface area contributed by atoms with Gasteiger partial charge in [-0.25, -0.2) is 9.97 Å². The Balaban J connectivity index is 1.24. The van der Waals surface area contributed by atoms with E-state index in [4.69, 9.17) is 4.98 Å². The van der Waals surface area contributed by atoms with E-state index in [9.17, 15) is 4.79 Å². The molecule has 6 nitrogen and oxygen atoms in total. The van der Waals surface area contributed by atoms with Gasteiger partial charge in [0.1, 0.15) is 0 Å². The Morgan fingerprint density at radius 2 is 2.00 bits per heavy atom. The van der Waals surface area contributed by atoms with Crippen molar-refractivity contribution in [1.82, 2.24) is 20.2 Å². The summed E-state index contributed by atoms with van der Waals surface area (Å²) in [5.41, 5.74) is 4.92. The smallest absolute Gasteiger partial charge is 0.251 e. The molecule has 0 bridgehead atoms. The van der Waals surface area contributed by atoms with E-state index in [1.54, 1.807) is 0 Å². The molecule has 1 saturated carbocycles. The Kier molecular flexibility index (Phi) is 6.77. The highest BCUT2D eigenvalue weighted by Gasteiger charge is 2.24. The molecule has 6 heteroatoms. The van der Waals surface area contributed by atoms with Gasteiger partial charge in [-0.05, 0) is 93.5 Å². The maximum absolute atomic E-state index is 12.5. The van der Waals surface area contributed by atoms with Gasteiger partial charge in [0.25, 0.3) is 5.91 Å². The zero-order chi connectivity index (χ0) is 23.5. The van der Waals surface area contributed by atoms with E-state index >= 15 is 0 Å². The van der Waals surface area contributed by atoms with Gasteiger partial charge in [-0.2, -0.15) is 0 Å². The second-order valence-corrected chi connectivity index (χ2v) is 9.91. The third-order valence-corrected chi connectivity index (χ3v) is 7.15. The lowest BCUT2D eigenvalue weighted by Crippen LogP contribution is -2.38. The fourth-order valence-corrected chi connectivity index (χ4v) is 4.83. The number of fused-ring (bicyclic) bond motifs is 1. The zero-order valence-electron chi connectivity index (χ0n) is 20.3. The summed E-state index contributed by atoms with van der Waals surface area (Å²) in [7, 11) is 0. The predicted octanol–water partition coefficient (Wildman–Crippen LogP) is 5.17. The van der Waals surface area contributed by atoms with Gasteiger partial charge in [-0.1, -0.05) is 18.6 Å². The van der Waals surface area contributed by atoms with Crippen LogP contribution in [0.5, 0.6) is 0 Å². The van der Waals surface area contributed by atoms with Crippen molar-refractivity contribution < 1.29 is 4.79 Å². The molecule has 2 aliphatic rings. The minimum atomic E-state index is 0.0123. The first-order valence-electron chi connectivity index (χ1n) is 12.7. The van der Waals surface area contributed by atoms with Crippen molar-refractivity contribution in [2.24, 2.45) is 0 Å². The summed E-state index contributed by atoms with van der Waals surface area (Å²) in [5.74, 6) is 0.695. The maximum Gasteiger partial charge on any atom is 0.251 e. The van der Waals surface area contributed by atoms with Gasteiger partial charge in [-0.3, -0.25) is 4.79 Å². The number of hydrogen-bond acceptors (Lipinski definition) is 5. The van der Waals surface area contributed by atoms with Crippen LogP contribution in [0, 0.1) is 6.92 Å². The van der Waals surface area contributed by atoms with Crippen LogP contribution in [-0.4, -0.2) is 52.5 Å². The summed E-state index contributed by atoms with van der Waals surface area (Å²) in [5, 5.41) is 7.47. The third-order valence-electron chi connectivity index (χ3n) is 7.15. The molecule has 1 amide bonds. The number of piperidine rings is 1. The molecule has 2 aromatic carbocycles. The SMILES string of the molecule is Cc1ccc(C(=O)NC2CC2)cc1-c1ccc2nc(NCCCN3CCCCC3C)ncc2c1. The molecule has 0 radical (unpaired) electrons. The van der Waals surface area contributed by atoms with Gasteiger partial charge in [-0.15, -0.1) is 0 Å². The van der Waals surface area contributed by atoms with Crippen molar-refractivity contribution >= 4 is 22.8 Å². The lowest BCUT2D eigenvalue weighted by atomic mass is 9.97. The molecule has 2 heterocycles. The van der Waals surface area contributed by atoms with E-state index in [1.807, 2.05) is 30.5 Å². The van der Waals surface area contributed by atoms with Crippen molar-refractivity contribution in [2.75, 3.05) is 25.0 Å². The third kappa shape index (κ3) is 5.39. The maximum atomic E-state index is 12.5. The largest absolute Gasteiger partial charge is 0.354 e. The number of anilines is 1. The van der Waals surface area contributed by atoms with Gasteiger partial charge in [0.2, 0.25) is 5.95 Å². The van der Waals surface area contributed by atoms with Crippen LogP contribution in [0.4, 0.5) is 5.95 Å². The fraction of sp³-hybridized carbons (Fsp3) is 0.464. The Bertz CT molecular complexity index is 1170. The number of hydrogen-bond donors (Lipinski definition) is 2. The van der Waals surface area contributed by atoms with E-state index in [0.717, 1.165) is 59.9 Å². The predicted molar refractivity (Wildman–Crippen MR) is 138 cm³/mol. The molecule has 1 aromatic heterocycles. The van der Waals surface area contributed by atoms with Crippen molar-refractivity contribution in [1.29, 1.82) is 0 Å². The summed E-state index contributed by atoms with van der Waals surface area (Å²) in [6.45, 7) is 7.65. The van der Waals surface area contributed by atoms with E-state index in [0.29, 0.717) is 23.6 Å². The number of benzene rings is 2. The van der Waals surface area contributed by atoms with E-state index in [1.165, 1.54) is 25.8 Å². The molecule has 2 N–H and O–H groups in total. The summed E-state index contributed by atoms with van der Waals surface area (Å²) in [6.07, 6.45) is 9.16. The molecule has 1 aliphatic carbocycles. The molecule has 2 fully saturated rings. The van der Waals surface area contributed by atoms with Gasteiger partial charge >= 0.3 is 0 Å². The number of aryl methyl sites for hydroxylation is 1. The Morgan fingerprint density at radius 1 is 1.12 bits per heavy atom. The van der Waals surface area contributed by atoms with Crippen LogP contribution in [0.1, 0.15) is 61.4 Å². The average molecular weight is 458 g/mol. The van der Waals surface area contributed by atoms with Crippen LogP contribution in [0.25, 0.3) is 22.0 Å². The second kappa shape index (κ2) is 10.1. The monoisotopic (exact) mass is 457 g/mol. The number of rotatable bonds is 8. The lowest BCUT2D eigenvalue weighted by molar-refractivity contribution is 0.0951. The number of carbonyl (C=O) groups excluding carboxylic acids is 1. The molecule has 0 spiro atoms. The van der Waals surface area contributed by atoms with Crippen molar-refractivity contribution in [3.8, 4) is 11.1 Å². The zero-order valence-corrected chi connectivity index (χ0v) is 20.3. The van der Waals surface area contributed by atoms with Crippen LogP contribution >= 0.6 is 0 Å². The first-order valence-corrected chi connectivity index (χ1v) is 12.7. The minimum Gasteiger partial charge on any atom is -0.354 e. The molecule has 3 aromatic rings. The number of likely N-dealkylation sites (tertiary alicyclic amines) is 1. The summed E-state index contributed by atoms with van der Waals surface area (Å²) >= 11 is 0. The van der Waals surface area contributed by atoms with Crippen LogP contribution in [0.2, 0.25) is 0 Å². The van der Waals surface area contributed by atoms with Crippen LogP contribution in [0.15, 0.2) is 42.6 Å². The number of nitrogens with zero attached hydrogens (tertiary/aromatic N) is 3. The highest BCUT2D eigenvalue weighted by Crippen LogP contribution is 2.28. The summed E-state index contributed by atoms with van der Waals surface area (Å²) < 4.78 is 0. The van der Waals surface area contributed by atoms with Gasteiger partial charge in [0.15, 0.2) is 0 Å². The molecule has 1 aliphatic heterocycles. The van der Waals surface area contributed by atoms with E-state index < -0.39 is 0 Å². The molecule has 1 saturated heterocycles. The topological polar surface area (TPSA) is 70.2 Å². The first kappa shape index (κ1) is 22.8. The van der Waals surface area contributed by atoms with E-state index in [2.05, 4.69) is 46.5 Å². The Labute approximate surface area is 202 Å². The number of aromatic nitrogens is 2. The van der Waals surface area contributed by atoms with Crippen LogP contribution < -0.4 is 10.6 Å². The molecule has 1 unspecified atom stereocenters. The molecule has 5 rings (SSSR count). The lowest BCUT2D eigenvalue weighted by Gasteiger charge is -2.33. The molecule has 34 heavy (non-hydrogen) atoms. The normalized spacial score (nSPS) is 18.7. The number of nitrogens with one attached hydrogen (secondary N) is 2. The minimum absolute atomic E-state index is 0.0123. The van der Waals surface area contributed by atoms with Crippen molar-refractivity contribution in [2.45, 2.75) is 64.5 Å². The van der Waals surface area contributed by atoms with Crippen LogP contribution in [-0.2, 0) is 0 Å². The Morgan fingerprint density at radius 3 is 2.82 bits per heavy atom. The van der Waals surface area contributed by atoms with E-state index in [-0.39, 0.29) is 5.91 Å². The average Bonchev–Trinajstić information content (AvgIpc) is 3.67. The molecule has 1 atom stereocenters. The number of amides is 1. The summed E-state index contributed by atoms with van der Waals surface area (Å²) in [6, 6.07) is 13.2. The quantitative estimate of drug-likeness (QED) is 0.457. The molecular weight excluding hydrogens is 422 g/mol. The van der Waals surface area contributed by atoms with Crippen molar-refractivity contribution in [3.05, 3.63) is 53.7 Å². The first-order chi connectivity index (χ1) is 16.6. The van der Waals surface area contributed by atoms with Crippen LogP contribution in [0.3, 0.4) is 0 Å². The summed E-state index contributed by atoms with van der Waals surface area (Å²) in [4.78, 5) is 24.4. The highest BCUT2D eigenvalue weighted by molar-refractivity contribution is 5.96. The molecule has 178 valence electrons. The Hall–Kier alpha value is -2.99.